The van der Waals surface area contributed by atoms with Crippen LogP contribution in [-0.2, 0) is 0 Å². The summed E-state index contributed by atoms with van der Waals surface area (Å²) in [7, 11) is 0. The third-order valence-electron chi connectivity index (χ3n) is 4.45. The summed E-state index contributed by atoms with van der Waals surface area (Å²) in [5, 5.41) is 2.64. The van der Waals surface area contributed by atoms with Gasteiger partial charge in [-0.25, -0.2) is 4.39 Å². The first kappa shape index (κ1) is 18.0. The normalized spacial score (nSPS) is 14.9. The minimum absolute atomic E-state index is 0.0982. The monoisotopic (exact) mass is 356 g/mol. The Hall–Kier alpha value is -2.80. The predicted octanol–water partition coefficient (Wildman–Crippen LogP) is 2.25. The van der Waals surface area contributed by atoms with Crippen molar-refractivity contribution in [3.8, 4) is 0 Å². The van der Waals surface area contributed by atoms with Crippen LogP contribution in [0.4, 0.5) is 10.1 Å². The molecule has 0 aliphatic carbocycles. The Morgan fingerprint density at radius 1 is 1.12 bits per heavy atom. The lowest BCUT2D eigenvalue weighted by Gasteiger charge is -2.34. The zero-order valence-corrected chi connectivity index (χ0v) is 14.6. The van der Waals surface area contributed by atoms with E-state index in [1.165, 1.54) is 36.5 Å². The number of carbonyl (C=O) groups is 2. The summed E-state index contributed by atoms with van der Waals surface area (Å²) in [5.74, 6) is -0.919. The van der Waals surface area contributed by atoms with E-state index in [1.807, 2.05) is 0 Å². The van der Waals surface area contributed by atoms with Crippen LogP contribution >= 0.6 is 0 Å². The van der Waals surface area contributed by atoms with E-state index in [0.29, 0.717) is 24.3 Å². The fourth-order valence-electron chi connectivity index (χ4n) is 2.87. The van der Waals surface area contributed by atoms with Crippen molar-refractivity contribution in [1.82, 2.24) is 14.8 Å². The minimum atomic E-state index is -0.443. The van der Waals surface area contributed by atoms with Crippen molar-refractivity contribution in [2.45, 2.75) is 6.92 Å². The quantitative estimate of drug-likeness (QED) is 0.913. The maximum atomic E-state index is 12.9. The van der Waals surface area contributed by atoms with Gasteiger partial charge in [0.25, 0.3) is 11.8 Å². The van der Waals surface area contributed by atoms with Gasteiger partial charge in [-0.15, -0.1) is 0 Å². The lowest BCUT2D eigenvalue weighted by molar-refractivity contribution is 0.0643. The third kappa shape index (κ3) is 4.23. The van der Waals surface area contributed by atoms with Crippen molar-refractivity contribution in [2.24, 2.45) is 0 Å². The maximum absolute atomic E-state index is 12.9. The summed E-state index contributed by atoms with van der Waals surface area (Å²) in [6.45, 7) is 6.13. The molecular formula is C19H21FN4O2. The van der Waals surface area contributed by atoms with Gasteiger partial charge in [0.2, 0.25) is 0 Å². The van der Waals surface area contributed by atoms with Crippen molar-refractivity contribution < 1.29 is 14.0 Å². The highest BCUT2D eigenvalue weighted by molar-refractivity contribution is 6.04. The molecule has 1 aromatic heterocycles. The Balaban J connectivity index is 1.68. The molecule has 26 heavy (non-hydrogen) atoms. The van der Waals surface area contributed by atoms with Gasteiger partial charge in [0.1, 0.15) is 11.5 Å². The zero-order valence-electron chi connectivity index (χ0n) is 14.6. The summed E-state index contributed by atoms with van der Waals surface area (Å²) in [6.07, 6.45) is 1.45. The van der Waals surface area contributed by atoms with Gasteiger partial charge in [-0.2, -0.15) is 0 Å². The topological polar surface area (TPSA) is 65.5 Å². The van der Waals surface area contributed by atoms with E-state index in [2.05, 4.69) is 22.1 Å². The molecule has 2 aromatic rings. The molecule has 136 valence electrons. The number of carbonyl (C=O) groups excluding carboxylic acids is 2. The number of nitrogens with zero attached hydrogens (tertiary/aromatic N) is 3. The molecule has 1 aromatic carbocycles. The highest BCUT2D eigenvalue weighted by Gasteiger charge is 2.22. The molecule has 7 heteroatoms. The van der Waals surface area contributed by atoms with Gasteiger partial charge in [-0.05, 0) is 42.9 Å². The SMILES string of the molecule is CCN1CCN(C(=O)c2ccnc(C(=O)Nc3ccc(F)cc3)c2)CC1. The lowest BCUT2D eigenvalue weighted by atomic mass is 10.1. The van der Waals surface area contributed by atoms with Gasteiger partial charge in [0.05, 0.1) is 0 Å². The van der Waals surface area contributed by atoms with Crippen molar-refractivity contribution in [1.29, 1.82) is 0 Å². The van der Waals surface area contributed by atoms with E-state index in [0.717, 1.165) is 19.6 Å². The Labute approximate surface area is 151 Å². The maximum Gasteiger partial charge on any atom is 0.274 e. The third-order valence-corrected chi connectivity index (χ3v) is 4.45. The molecule has 1 saturated heterocycles. The van der Waals surface area contributed by atoms with Gasteiger partial charge < -0.3 is 15.1 Å². The molecule has 2 amide bonds. The molecule has 2 heterocycles. The van der Waals surface area contributed by atoms with Crippen LogP contribution < -0.4 is 5.32 Å². The molecule has 1 aliphatic heterocycles. The molecule has 6 nitrogen and oxygen atoms in total. The summed E-state index contributed by atoms with van der Waals surface area (Å²) < 4.78 is 12.9. The molecular weight excluding hydrogens is 335 g/mol. The smallest absolute Gasteiger partial charge is 0.274 e. The van der Waals surface area contributed by atoms with Gasteiger partial charge in [0.15, 0.2) is 0 Å². The lowest BCUT2D eigenvalue weighted by Crippen LogP contribution is -2.48. The van der Waals surface area contributed by atoms with E-state index in [-0.39, 0.29) is 17.4 Å². The molecule has 3 rings (SSSR count). The Kier molecular flexibility index (Phi) is 5.58. The van der Waals surface area contributed by atoms with Crippen LogP contribution in [0.2, 0.25) is 0 Å². The molecule has 1 N–H and O–H groups in total. The number of aromatic nitrogens is 1. The molecule has 0 bridgehead atoms. The molecule has 1 aliphatic rings. The summed E-state index contributed by atoms with van der Waals surface area (Å²) in [6, 6.07) is 8.57. The van der Waals surface area contributed by atoms with Crippen molar-refractivity contribution in [2.75, 3.05) is 38.0 Å². The highest BCUT2D eigenvalue weighted by atomic mass is 19.1. The first-order chi connectivity index (χ1) is 12.6. The Morgan fingerprint density at radius 3 is 2.46 bits per heavy atom. The van der Waals surface area contributed by atoms with Crippen molar-refractivity contribution >= 4 is 17.5 Å². The number of piperazine rings is 1. The van der Waals surface area contributed by atoms with E-state index in [4.69, 9.17) is 0 Å². The Morgan fingerprint density at radius 2 is 1.81 bits per heavy atom. The van der Waals surface area contributed by atoms with Crippen LogP contribution in [0.15, 0.2) is 42.6 Å². The van der Waals surface area contributed by atoms with Gasteiger partial charge in [-0.3, -0.25) is 14.6 Å². The van der Waals surface area contributed by atoms with E-state index in [9.17, 15) is 14.0 Å². The predicted molar refractivity (Wildman–Crippen MR) is 96.6 cm³/mol. The molecule has 0 atom stereocenters. The first-order valence-corrected chi connectivity index (χ1v) is 8.61. The second kappa shape index (κ2) is 8.05. The number of amides is 2. The van der Waals surface area contributed by atoms with Crippen molar-refractivity contribution in [3.05, 3.63) is 59.7 Å². The minimum Gasteiger partial charge on any atom is -0.336 e. The second-order valence-corrected chi connectivity index (χ2v) is 6.12. The second-order valence-electron chi connectivity index (χ2n) is 6.12. The molecule has 0 unspecified atom stereocenters. The van der Waals surface area contributed by atoms with Crippen LogP contribution in [0.25, 0.3) is 0 Å². The van der Waals surface area contributed by atoms with Crippen molar-refractivity contribution in [3.63, 3.8) is 0 Å². The Bertz CT molecular complexity index is 786. The van der Waals surface area contributed by atoms with E-state index < -0.39 is 5.91 Å². The molecule has 1 fully saturated rings. The molecule has 0 spiro atoms. The standard InChI is InChI=1S/C19H21FN4O2/c1-2-23-9-11-24(12-10-23)19(26)14-7-8-21-17(13-14)18(25)22-16-5-3-15(20)4-6-16/h3-8,13H,2,9-12H2,1H3,(H,22,25). The zero-order chi connectivity index (χ0) is 18.5. The number of rotatable bonds is 4. The fraction of sp³-hybridized carbons (Fsp3) is 0.316. The fourth-order valence-corrected chi connectivity index (χ4v) is 2.87. The number of halogens is 1. The molecule has 0 radical (unpaired) electrons. The number of hydrogen-bond acceptors (Lipinski definition) is 4. The van der Waals surface area contributed by atoms with Gasteiger partial charge in [0, 0.05) is 43.6 Å². The average Bonchev–Trinajstić information content (AvgIpc) is 2.69. The van der Waals surface area contributed by atoms with E-state index >= 15 is 0 Å². The number of nitrogens with one attached hydrogen (secondary N) is 1. The number of pyridine rings is 1. The van der Waals surface area contributed by atoms with E-state index in [1.54, 1.807) is 11.0 Å². The average molecular weight is 356 g/mol. The van der Waals surface area contributed by atoms with Crippen LogP contribution in [-0.4, -0.2) is 59.3 Å². The van der Waals surface area contributed by atoms with Crippen LogP contribution in [0.3, 0.4) is 0 Å². The summed E-state index contributed by atoms with van der Waals surface area (Å²) >= 11 is 0. The largest absolute Gasteiger partial charge is 0.336 e. The summed E-state index contributed by atoms with van der Waals surface area (Å²) in [5.41, 5.74) is 1.05. The highest BCUT2D eigenvalue weighted by Crippen LogP contribution is 2.12. The van der Waals surface area contributed by atoms with Crippen LogP contribution in [0.1, 0.15) is 27.8 Å². The number of hydrogen-bond donors (Lipinski definition) is 1. The molecule has 0 saturated carbocycles. The first-order valence-electron chi connectivity index (χ1n) is 8.61. The summed E-state index contributed by atoms with van der Waals surface area (Å²) in [4.78, 5) is 33.1. The van der Waals surface area contributed by atoms with Crippen LogP contribution in [0, 0.1) is 5.82 Å². The van der Waals surface area contributed by atoms with Crippen LogP contribution in [0.5, 0.6) is 0 Å². The number of benzene rings is 1. The van der Waals surface area contributed by atoms with Gasteiger partial charge >= 0.3 is 0 Å². The van der Waals surface area contributed by atoms with Gasteiger partial charge in [-0.1, -0.05) is 6.92 Å². The number of anilines is 1. The number of likely N-dealkylation sites (N-methyl/N-ethyl adjacent to an activating group) is 1.